The van der Waals surface area contributed by atoms with Crippen LogP contribution in [0.15, 0.2) is 0 Å². The van der Waals surface area contributed by atoms with Gasteiger partial charge in [-0.3, -0.25) is 0 Å². The van der Waals surface area contributed by atoms with E-state index in [2.05, 4.69) is 26.0 Å². The summed E-state index contributed by atoms with van der Waals surface area (Å²) in [7, 11) is 0. The number of unbranched alkanes of at least 4 members (excludes halogenated alkanes) is 3. The van der Waals surface area contributed by atoms with E-state index in [1.54, 1.807) is 0 Å². The van der Waals surface area contributed by atoms with Crippen LogP contribution in [0.3, 0.4) is 0 Å². The van der Waals surface area contributed by atoms with Gasteiger partial charge < -0.3 is 5.73 Å². The average molecular weight is 291 g/mol. The van der Waals surface area contributed by atoms with Crippen molar-refractivity contribution in [2.75, 3.05) is 6.54 Å². The molecule has 3 heteroatoms. The summed E-state index contributed by atoms with van der Waals surface area (Å²) < 4.78 is 0. The molecule has 120 valence electrons. The molecule has 2 unspecified atom stereocenters. The summed E-state index contributed by atoms with van der Waals surface area (Å²) in [5, 5.41) is 17.4. The largest absolute Gasteiger partial charge is 0.330 e. The Kier molecular flexibility index (Phi) is 12.0. The second-order valence-electron chi connectivity index (χ2n) is 6.47. The molecule has 0 radical (unpaired) electrons. The molecule has 0 saturated heterocycles. The summed E-state index contributed by atoms with van der Waals surface area (Å²) in [6, 6.07) is 4.50. The summed E-state index contributed by atoms with van der Waals surface area (Å²) in [5.41, 5.74) is 6.02. The van der Waals surface area contributed by atoms with E-state index >= 15 is 0 Å². The molecule has 0 aromatic carbocycles. The van der Waals surface area contributed by atoms with Gasteiger partial charge in [0, 0.05) is 12.8 Å². The number of hydrogen-bond acceptors (Lipinski definition) is 3. The van der Waals surface area contributed by atoms with Crippen LogP contribution >= 0.6 is 0 Å². The van der Waals surface area contributed by atoms with Crippen molar-refractivity contribution in [1.29, 1.82) is 10.5 Å². The van der Waals surface area contributed by atoms with Crippen molar-refractivity contribution in [1.82, 2.24) is 0 Å². The molecule has 0 fully saturated rings. The van der Waals surface area contributed by atoms with Gasteiger partial charge in [-0.2, -0.15) is 10.5 Å². The molecular formula is C18H33N3. The SMILES string of the molecule is CCC(CCCCN)(CCCCC#N)CC(C)CCC#N. The summed E-state index contributed by atoms with van der Waals surface area (Å²) in [6.07, 6.45) is 11.7. The lowest BCUT2D eigenvalue weighted by Gasteiger charge is -2.36. The lowest BCUT2D eigenvalue weighted by Crippen LogP contribution is -2.23. The van der Waals surface area contributed by atoms with Crippen molar-refractivity contribution >= 4 is 0 Å². The maximum absolute atomic E-state index is 8.75. The fourth-order valence-corrected chi connectivity index (χ4v) is 3.33. The Morgan fingerprint density at radius 1 is 1.00 bits per heavy atom. The monoisotopic (exact) mass is 291 g/mol. The summed E-state index contributed by atoms with van der Waals surface area (Å²) in [6.45, 7) is 5.35. The molecule has 0 rings (SSSR count). The Morgan fingerprint density at radius 2 is 1.62 bits per heavy atom. The number of nitrogens with two attached hydrogens (primary N) is 1. The normalized spacial score (nSPS) is 14.9. The van der Waals surface area contributed by atoms with E-state index in [9.17, 15) is 0 Å². The number of nitrogens with zero attached hydrogens (tertiary/aromatic N) is 2. The lowest BCUT2D eigenvalue weighted by molar-refractivity contribution is 0.161. The second kappa shape index (κ2) is 12.7. The van der Waals surface area contributed by atoms with E-state index in [0.717, 1.165) is 32.2 Å². The third kappa shape index (κ3) is 9.48. The minimum atomic E-state index is 0.388. The van der Waals surface area contributed by atoms with Crippen molar-refractivity contribution < 1.29 is 0 Å². The lowest BCUT2D eigenvalue weighted by atomic mass is 9.70. The zero-order chi connectivity index (χ0) is 16.0. The molecule has 0 aliphatic heterocycles. The van der Waals surface area contributed by atoms with Crippen molar-refractivity contribution in [2.24, 2.45) is 17.1 Å². The highest BCUT2D eigenvalue weighted by Gasteiger charge is 2.28. The standard InChI is InChI=1S/C18H33N3/c1-3-18(12-6-8-14-20,11-5-4-7-13-19)16-17(2)10-9-15-21/h17H,3-12,14,16,20H2,1-2H3. The first-order valence-electron chi connectivity index (χ1n) is 8.58. The molecule has 0 heterocycles. The van der Waals surface area contributed by atoms with Gasteiger partial charge in [-0.05, 0) is 56.4 Å². The predicted molar refractivity (Wildman–Crippen MR) is 88.3 cm³/mol. The number of nitriles is 2. The highest BCUT2D eigenvalue weighted by molar-refractivity contribution is 4.82. The number of rotatable bonds is 13. The molecule has 0 aliphatic carbocycles. The number of hydrogen-bond donors (Lipinski definition) is 1. The molecule has 21 heavy (non-hydrogen) atoms. The summed E-state index contributed by atoms with van der Waals surface area (Å²) in [5.74, 6) is 0.610. The molecule has 0 amide bonds. The van der Waals surface area contributed by atoms with Crippen LogP contribution in [0, 0.1) is 34.0 Å². The van der Waals surface area contributed by atoms with Gasteiger partial charge in [0.25, 0.3) is 0 Å². The van der Waals surface area contributed by atoms with E-state index in [1.165, 1.54) is 32.1 Å². The van der Waals surface area contributed by atoms with Gasteiger partial charge in [0.2, 0.25) is 0 Å². The molecule has 0 aromatic rings. The maximum Gasteiger partial charge on any atom is 0.0621 e. The van der Waals surface area contributed by atoms with E-state index in [4.69, 9.17) is 16.3 Å². The van der Waals surface area contributed by atoms with Crippen molar-refractivity contribution in [2.45, 2.75) is 84.5 Å². The van der Waals surface area contributed by atoms with Gasteiger partial charge >= 0.3 is 0 Å². The first kappa shape index (κ1) is 19.9. The Balaban J connectivity index is 4.53. The zero-order valence-electron chi connectivity index (χ0n) is 14.0. The topological polar surface area (TPSA) is 73.6 Å². The van der Waals surface area contributed by atoms with Crippen LogP contribution in [-0.4, -0.2) is 6.54 Å². The van der Waals surface area contributed by atoms with Crippen LogP contribution in [-0.2, 0) is 0 Å². The van der Waals surface area contributed by atoms with E-state index < -0.39 is 0 Å². The van der Waals surface area contributed by atoms with Crippen LogP contribution in [0.25, 0.3) is 0 Å². The predicted octanol–water partition coefficient (Wildman–Crippen LogP) is 4.93. The summed E-state index contributed by atoms with van der Waals surface area (Å²) >= 11 is 0. The fourth-order valence-electron chi connectivity index (χ4n) is 3.33. The van der Waals surface area contributed by atoms with Crippen LogP contribution in [0.2, 0.25) is 0 Å². The highest BCUT2D eigenvalue weighted by atomic mass is 14.5. The quantitative estimate of drug-likeness (QED) is 0.489. The van der Waals surface area contributed by atoms with Gasteiger partial charge in [0.15, 0.2) is 0 Å². The third-order valence-electron chi connectivity index (χ3n) is 4.69. The zero-order valence-corrected chi connectivity index (χ0v) is 14.0. The van der Waals surface area contributed by atoms with E-state index in [-0.39, 0.29) is 0 Å². The van der Waals surface area contributed by atoms with Crippen molar-refractivity contribution in [3.05, 3.63) is 0 Å². The molecular weight excluding hydrogens is 258 g/mol. The first-order valence-corrected chi connectivity index (χ1v) is 8.58. The smallest absolute Gasteiger partial charge is 0.0621 e. The first-order chi connectivity index (χ1) is 10.1. The molecule has 3 nitrogen and oxygen atoms in total. The van der Waals surface area contributed by atoms with Crippen LogP contribution in [0.5, 0.6) is 0 Å². The molecule has 0 bridgehead atoms. The van der Waals surface area contributed by atoms with E-state index in [1.807, 2.05) is 0 Å². The molecule has 2 N–H and O–H groups in total. The Labute approximate surface area is 131 Å². The molecule has 0 aliphatic rings. The average Bonchev–Trinajstić information content (AvgIpc) is 2.49. The minimum Gasteiger partial charge on any atom is -0.330 e. The molecule has 0 saturated carbocycles. The van der Waals surface area contributed by atoms with E-state index in [0.29, 0.717) is 24.2 Å². The van der Waals surface area contributed by atoms with Gasteiger partial charge in [0.1, 0.15) is 0 Å². The van der Waals surface area contributed by atoms with Crippen LogP contribution < -0.4 is 5.73 Å². The third-order valence-corrected chi connectivity index (χ3v) is 4.69. The second-order valence-corrected chi connectivity index (χ2v) is 6.47. The van der Waals surface area contributed by atoms with Crippen molar-refractivity contribution in [3.8, 4) is 12.1 Å². The minimum absolute atomic E-state index is 0.388. The van der Waals surface area contributed by atoms with Gasteiger partial charge in [-0.25, -0.2) is 0 Å². The summed E-state index contributed by atoms with van der Waals surface area (Å²) in [4.78, 5) is 0. The fraction of sp³-hybridized carbons (Fsp3) is 0.889. The molecule has 2 atom stereocenters. The Hall–Kier alpha value is -1.06. The van der Waals surface area contributed by atoms with Gasteiger partial charge in [0.05, 0.1) is 12.1 Å². The van der Waals surface area contributed by atoms with Crippen molar-refractivity contribution in [3.63, 3.8) is 0 Å². The maximum atomic E-state index is 8.75. The van der Waals surface area contributed by atoms with Gasteiger partial charge in [-0.1, -0.05) is 33.1 Å². The van der Waals surface area contributed by atoms with Gasteiger partial charge in [-0.15, -0.1) is 0 Å². The Bertz CT molecular complexity index is 326. The van der Waals surface area contributed by atoms with Crippen LogP contribution in [0.4, 0.5) is 0 Å². The Morgan fingerprint density at radius 3 is 2.14 bits per heavy atom. The molecule has 0 aromatic heterocycles. The van der Waals surface area contributed by atoms with Crippen LogP contribution in [0.1, 0.15) is 84.5 Å². The molecule has 0 spiro atoms. The highest BCUT2D eigenvalue weighted by Crippen LogP contribution is 2.41.